The van der Waals surface area contributed by atoms with E-state index in [1.165, 1.54) is 11.3 Å². The van der Waals surface area contributed by atoms with Crippen LogP contribution < -0.4 is 14.8 Å². The van der Waals surface area contributed by atoms with Crippen LogP contribution in [0.2, 0.25) is 0 Å². The van der Waals surface area contributed by atoms with Crippen molar-refractivity contribution >= 4 is 26.7 Å². The molecule has 98 valence electrons. The van der Waals surface area contributed by atoms with Gasteiger partial charge in [0.15, 0.2) is 5.13 Å². The maximum Gasteiger partial charge on any atom is 0.300 e. The second kappa shape index (κ2) is 6.29. The van der Waals surface area contributed by atoms with Crippen molar-refractivity contribution in [3.63, 3.8) is 0 Å². The molecule has 0 fully saturated rings. The van der Waals surface area contributed by atoms with Crippen LogP contribution in [0.5, 0.6) is 0 Å². The van der Waals surface area contributed by atoms with Gasteiger partial charge in [0, 0.05) is 18.0 Å². The summed E-state index contributed by atoms with van der Waals surface area (Å²) in [5.74, 6) is 0. The van der Waals surface area contributed by atoms with Crippen molar-refractivity contribution in [2.75, 3.05) is 17.8 Å². The molecule has 1 rings (SSSR count). The van der Waals surface area contributed by atoms with Crippen LogP contribution in [0.25, 0.3) is 0 Å². The zero-order valence-corrected chi connectivity index (χ0v) is 11.8. The molecule has 0 bridgehead atoms. The molecule has 1 unspecified atom stereocenters. The summed E-state index contributed by atoms with van der Waals surface area (Å²) in [4.78, 5) is 4.22. The van der Waals surface area contributed by atoms with Crippen molar-refractivity contribution in [3.8, 4) is 0 Å². The summed E-state index contributed by atoms with van der Waals surface area (Å²) in [5, 5.41) is 5.44. The summed E-state index contributed by atoms with van der Waals surface area (Å²) in [7, 11) is -3.48. The van der Waals surface area contributed by atoms with E-state index in [1.807, 2.05) is 19.2 Å². The molecule has 1 aromatic heterocycles. The number of aromatic nitrogens is 1. The van der Waals surface area contributed by atoms with Crippen LogP contribution in [-0.2, 0) is 10.2 Å². The Balaban J connectivity index is 2.69. The number of anilines is 1. The summed E-state index contributed by atoms with van der Waals surface area (Å²) < 4.78 is 27.6. The first-order valence-electron chi connectivity index (χ1n) is 5.44. The Morgan fingerprint density at radius 2 is 2.12 bits per heavy atom. The first kappa shape index (κ1) is 14.4. The molecule has 1 heterocycles. The molecular weight excluding hydrogens is 260 g/mol. The Labute approximate surface area is 106 Å². The monoisotopic (exact) mass is 278 g/mol. The lowest BCUT2D eigenvalue weighted by molar-refractivity contribution is 0.585. The van der Waals surface area contributed by atoms with Gasteiger partial charge in [0.2, 0.25) is 0 Å². The van der Waals surface area contributed by atoms with Gasteiger partial charge in [0.1, 0.15) is 0 Å². The molecule has 0 saturated carbocycles. The van der Waals surface area contributed by atoms with Gasteiger partial charge in [-0.15, -0.1) is 11.3 Å². The number of hydrogen-bond donors (Lipinski definition) is 3. The summed E-state index contributed by atoms with van der Waals surface area (Å²) in [6.45, 7) is 6.91. The van der Waals surface area contributed by atoms with Gasteiger partial charge < -0.3 is 5.32 Å². The van der Waals surface area contributed by atoms with Crippen molar-refractivity contribution in [1.29, 1.82) is 0 Å². The molecule has 0 aromatic carbocycles. The minimum atomic E-state index is -3.48. The quantitative estimate of drug-likeness (QED) is 0.697. The first-order chi connectivity index (χ1) is 7.98. The minimum absolute atomic E-state index is 0.119. The normalized spacial score (nSPS) is 13.6. The molecule has 0 amide bonds. The van der Waals surface area contributed by atoms with E-state index in [0.717, 1.165) is 12.2 Å². The molecular formula is C9H18N4O2S2. The Morgan fingerprint density at radius 3 is 2.71 bits per heavy atom. The van der Waals surface area contributed by atoms with Crippen molar-refractivity contribution in [2.45, 2.75) is 26.8 Å². The lowest BCUT2D eigenvalue weighted by Gasteiger charge is -2.08. The number of nitrogens with zero attached hydrogens (tertiary/aromatic N) is 1. The molecule has 0 spiro atoms. The fraction of sp³-hybridized carbons (Fsp3) is 0.667. The standard InChI is InChI=1S/C9H18N4O2S2/c1-4-10-7(3)8-6-16-9(12-8)13-17(14,15)11-5-2/h6-7,10-11H,4-5H2,1-3H3,(H,12,13). The SMILES string of the molecule is CCNC(C)c1csc(NS(=O)(=O)NCC)n1. The van der Waals surface area contributed by atoms with Gasteiger partial charge in [-0.05, 0) is 13.5 Å². The van der Waals surface area contributed by atoms with E-state index in [2.05, 4.69) is 19.7 Å². The third-order valence-electron chi connectivity index (χ3n) is 2.03. The van der Waals surface area contributed by atoms with Crippen molar-refractivity contribution in [1.82, 2.24) is 15.0 Å². The highest BCUT2D eigenvalue weighted by molar-refractivity contribution is 7.91. The molecule has 8 heteroatoms. The summed E-state index contributed by atoms with van der Waals surface area (Å²) >= 11 is 1.28. The Kier molecular flexibility index (Phi) is 5.31. The summed E-state index contributed by atoms with van der Waals surface area (Å²) in [5.41, 5.74) is 0.839. The van der Waals surface area contributed by atoms with E-state index in [0.29, 0.717) is 11.7 Å². The largest absolute Gasteiger partial charge is 0.309 e. The lowest BCUT2D eigenvalue weighted by atomic mass is 10.3. The van der Waals surface area contributed by atoms with Gasteiger partial charge in [0.05, 0.1) is 5.69 Å². The van der Waals surface area contributed by atoms with E-state index < -0.39 is 10.2 Å². The van der Waals surface area contributed by atoms with Gasteiger partial charge in [0.25, 0.3) is 0 Å². The molecule has 0 aliphatic heterocycles. The molecule has 1 atom stereocenters. The van der Waals surface area contributed by atoms with Crippen LogP contribution in [0.4, 0.5) is 5.13 Å². The maximum atomic E-state index is 11.4. The highest BCUT2D eigenvalue weighted by Gasteiger charge is 2.13. The number of rotatable bonds is 7. The molecule has 3 N–H and O–H groups in total. The molecule has 17 heavy (non-hydrogen) atoms. The van der Waals surface area contributed by atoms with Crippen LogP contribution in [0.1, 0.15) is 32.5 Å². The zero-order chi connectivity index (χ0) is 12.9. The summed E-state index contributed by atoms with van der Waals surface area (Å²) in [6, 6.07) is 0.119. The topological polar surface area (TPSA) is 83.1 Å². The van der Waals surface area contributed by atoms with Crippen LogP contribution >= 0.6 is 11.3 Å². The van der Waals surface area contributed by atoms with E-state index >= 15 is 0 Å². The van der Waals surface area contributed by atoms with Crippen molar-refractivity contribution in [3.05, 3.63) is 11.1 Å². The predicted octanol–water partition coefficient (Wildman–Crippen LogP) is 1.08. The molecule has 0 saturated heterocycles. The number of nitrogens with one attached hydrogen (secondary N) is 3. The third-order valence-corrected chi connectivity index (χ3v) is 4.07. The maximum absolute atomic E-state index is 11.4. The van der Waals surface area contributed by atoms with Crippen LogP contribution in [0, 0.1) is 0 Å². The highest BCUT2D eigenvalue weighted by Crippen LogP contribution is 2.20. The van der Waals surface area contributed by atoms with Crippen molar-refractivity contribution < 1.29 is 8.42 Å². The fourth-order valence-corrected chi connectivity index (χ4v) is 3.18. The van der Waals surface area contributed by atoms with Gasteiger partial charge >= 0.3 is 10.2 Å². The lowest BCUT2D eigenvalue weighted by Crippen LogP contribution is -2.29. The molecule has 6 nitrogen and oxygen atoms in total. The van der Waals surface area contributed by atoms with Crippen LogP contribution in [-0.4, -0.2) is 26.5 Å². The van der Waals surface area contributed by atoms with Crippen molar-refractivity contribution in [2.24, 2.45) is 0 Å². The van der Waals surface area contributed by atoms with E-state index in [1.54, 1.807) is 6.92 Å². The van der Waals surface area contributed by atoms with E-state index in [4.69, 9.17) is 0 Å². The van der Waals surface area contributed by atoms with Gasteiger partial charge in [-0.1, -0.05) is 13.8 Å². The minimum Gasteiger partial charge on any atom is -0.309 e. The summed E-state index contributed by atoms with van der Waals surface area (Å²) in [6.07, 6.45) is 0. The molecule has 0 aliphatic carbocycles. The average Bonchev–Trinajstić information content (AvgIpc) is 2.65. The van der Waals surface area contributed by atoms with Crippen LogP contribution in [0.3, 0.4) is 0 Å². The van der Waals surface area contributed by atoms with Crippen LogP contribution in [0.15, 0.2) is 5.38 Å². The molecule has 0 aliphatic rings. The van der Waals surface area contributed by atoms with Gasteiger partial charge in [-0.2, -0.15) is 13.1 Å². The van der Waals surface area contributed by atoms with Gasteiger partial charge in [-0.25, -0.2) is 9.71 Å². The fourth-order valence-electron chi connectivity index (χ4n) is 1.28. The van der Waals surface area contributed by atoms with E-state index in [9.17, 15) is 8.42 Å². The zero-order valence-electron chi connectivity index (χ0n) is 10.1. The third kappa shape index (κ3) is 4.58. The first-order valence-corrected chi connectivity index (χ1v) is 7.81. The highest BCUT2D eigenvalue weighted by atomic mass is 32.2. The van der Waals surface area contributed by atoms with Gasteiger partial charge in [-0.3, -0.25) is 0 Å². The number of hydrogen-bond acceptors (Lipinski definition) is 5. The Hall–Kier alpha value is -0.700. The number of thiazole rings is 1. The second-order valence-corrected chi connectivity index (χ2v) is 5.82. The smallest absolute Gasteiger partial charge is 0.300 e. The molecule has 1 aromatic rings. The Morgan fingerprint density at radius 1 is 1.41 bits per heavy atom. The second-order valence-electron chi connectivity index (χ2n) is 3.46. The van der Waals surface area contributed by atoms with E-state index in [-0.39, 0.29) is 6.04 Å². The predicted molar refractivity (Wildman–Crippen MR) is 70.4 cm³/mol. The molecule has 0 radical (unpaired) electrons. The average molecular weight is 278 g/mol. The Bertz CT molecular complexity index is 444.